The summed E-state index contributed by atoms with van der Waals surface area (Å²) in [6.45, 7) is 3.62. The van der Waals surface area contributed by atoms with Gasteiger partial charge in [-0.25, -0.2) is 12.8 Å². The topological polar surface area (TPSA) is 86.8 Å². The Morgan fingerprint density at radius 2 is 1.65 bits per heavy atom. The van der Waals surface area contributed by atoms with Gasteiger partial charge in [0.1, 0.15) is 5.82 Å². The molecule has 2 amide bonds. The summed E-state index contributed by atoms with van der Waals surface area (Å²) in [6.07, 6.45) is 5.19. The minimum absolute atomic E-state index is 0.0262. The van der Waals surface area contributed by atoms with Crippen molar-refractivity contribution >= 4 is 33.2 Å². The molecule has 34 heavy (non-hydrogen) atoms. The number of halogens is 1. The van der Waals surface area contributed by atoms with Crippen molar-refractivity contribution in [1.29, 1.82) is 0 Å². The number of carbonyl (C=O) groups excluding carboxylic acids is 2. The molecular formula is C25H30FN3O4S. The van der Waals surface area contributed by atoms with Gasteiger partial charge in [-0.15, -0.1) is 0 Å². The van der Waals surface area contributed by atoms with E-state index < -0.39 is 15.8 Å². The summed E-state index contributed by atoms with van der Waals surface area (Å²) in [5, 5.41) is 0. The van der Waals surface area contributed by atoms with Crippen molar-refractivity contribution in [3.63, 3.8) is 0 Å². The fourth-order valence-electron chi connectivity index (χ4n) is 4.58. The van der Waals surface area contributed by atoms with Crippen LogP contribution in [0.1, 0.15) is 49.7 Å². The second-order valence-electron chi connectivity index (χ2n) is 8.95. The highest BCUT2D eigenvalue weighted by atomic mass is 32.2. The highest BCUT2D eigenvalue weighted by molar-refractivity contribution is 7.92. The van der Waals surface area contributed by atoms with E-state index >= 15 is 0 Å². The first-order valence-corrected chi connectivity index (χ1v) is 13.2. The predicted molar refractivity (Wildman–Crippen MR) is 129 cm³/mol. The van der Waals surface area contributed by atoms with Gasteiger partial charge >= 0.3 is 0 Å². The average Bonchev–Trinajstić information content (AvgIpc) is 3.03. The summed E-state index contributed by atoms with van der Waals surface area (Å²) in [5.74, 6) is -0.535. The minimum atomic E-state index is -3.87. The fourth-order valence-corrected chi connectivity index (χ4v) is 5.76. The Hall–Kier alpha value is -2.94. The monoisotopic (exact) mass is 487 g/mol. The minimum Gasteiger partial charge on any atom is -0.343 e. The molecule has 0 atom stereocenters. The van der Waals surface area contributed by atoms with E-state index in [1.165, 1.54) is 24.3 Å². The standard InChI is InChI=1S/C25H30FN3O4S/c1-18-16-20(26)6-8-22(18)27-34(32,33)21-7-9-23-19(17-21)12-15-29(23)25(31)11-10-24(30)28-13-4-2-3-5-14-28/h6-9,16-17,27H,2-5,10-15H2,1H3. The lowest BCUT2D eigenvalue weighted by Crippen LogP contribution is -2.34. The van der Waals surface area contributed by atoms with Crippen molar-refractivity contribution in [2.75, 3.05) is 29.3 Å². The molecule has 2 aliphatic rings. The predicted octanol–water partition coefficient (Wildman–Crippen LogP) is 4.01. The number of hydrogen-bond donors (Lipinski definition) is 1. The molecule has 0 unspecified atom stereocenters. The van der Waals surface area contributed by atoms with Gasteiger partial charge in [0.2, 0.25) is 11.8 Å². The Balaban J connectivity index is 1.41. The van der Waals surface area contributed by atoms with E-state index in [1.54, 1.807) is 24.0 Å². The van der Waals surface area contributed by atoms with Crippen molar-refractivity contribution in [3.05, 3.63) is 53.3 Å². The second kappa shape index (κ2) is 10.1. The summed E-state index contributed by atoms with van der Waals surface area (Å²) in [6, 6.07) is 8.54. The van der Waals surface area contributed by atoms with E-state index in [9.17, 15) is 22.4 Å². The van der Waals surface area contributed by atoms with Gasteiger partial charge in [0, 0.05) is 38.2 Å². The van der Waals surface area contributed by atoms with Gasteiger partial charge in [-0.1, -0.05) is 12.8 Å². The van der Waals surface area contributed by atoms with Crippen LogP contribution in [0, 0.1) is 12.7 Å². The average molecular weight is 488 g/mol. The van der Waals surface area contributed by atoms with Crippen molar-refractivity contribution in [3.8, 4) is 0 Å². The van der Waals surface area contributed by atoms with Gasteiger partial charge < -0.3 is 9.80 Å². The number of aryl methyl sites for hydroxylation is 1. The number of likely N-dealkylation sites (tertiary alicyclic amines) is 1. The molecule has 0 spiro atoms. The molecule has 182 valence electrons. The van der Waals surface area contributed by atoms with Crippen LogP contribution < -0.4 is 9.62 Å². The Morgan fingerprint density at radius 3 is 2.35 bits per heavy atom. The first-order valence-electron chi connectivity index (χ1n) is 11.7. The van der Waals surface area contributed by atoms with Crippen molar-refractivity contribution in [2.24, 2.45) is 0 Å². The smallest absolute Gasteiger partial charge is 0.261 e. The van der Waals surface area contributed by atoms with Gasteiger partial charge in [-0.2, -0.15) is 0 Å². The molecule has 0 saturated carbocycles. The highest BCUT2D eigenvalue weighted by Gasteiger charge is 2.27. The number of hydrogen-bond acceptors (Lipinski definition) is 4. The molecule has 4 rings (SSSR count). The van der Waals surface area contributed by atoms with E-state index in [4.69, 9.17) is 0 Å². The molecule has 0 bridgehead atoms. The van der Waals surface area contributed by atoms with Gasteiger partial charge in [0.25, 0.3) is 10.0 Å². The fraction of sp³-hybridized carbons (Fsp3) is 0.440. The third kappa shape index (κ3) is 5.41. The molecule has 1 fully saturated rings. The summed E-state index contributed by atoms with van der Waals surface area (Å²) < 4.78 is 41.6. The zero-order valence-electron chi connectivity index (χ0n) is 19.3. The van der Waals surface area contributed by atoms with Crippen LogP contribution in [0.15, 0.2) is 41.3 Å². The number of carbonyl (C=O) groups is 2. The van der Waals surface area contributed by atoms with Crippen LogP contribution >= 0.6 is 0 Å². The molecule has 0 aliphatic carbocycles. The van der Waals surface area contributed by atoms with Crippen LogP contribution in [0.25, 0.3) is 0 Å². The zero-order chi connectivity index (χ0) is 24.3. The maximum atomic E-state index is 13.3. The van der Waals surface area contributed by atoms with E-state index in [-0.39, 0.29) is 29.6 Å². The number of anilines is 2. The van der Waals surface area contributed by atoms with Gasteiger partial charge in [0.05, 0.1) is 10.6 Å². The maximum absolute atomic E-state index is 13.3. The van der Waals surface area contributed by atoms with E-state index in [0.29, 0.717) is 29.9 Å². The van der Waals surface area contributed by atoms with Crippen molar-refractivity contribution in [1.82, 2.24) is 4.90 Å². The molecule has 2 heterocycles. The Labute approximate surface area is 200 Å². The van der Waals surface area contributed by atoms with Crippen LogP contribution in [0.3, 0.4) is 0 Å². The zero-order valence-corrected chi connectivity index (χ0v) is 20.2. The summed E-state index contributed by atoms with van der Waals surface area (Å²) >= 11 is 0. The van der Waals surface area contributed by atoms with Crippen LogP contribution in [-0.4, -0.2) is 44.8 Å². The first-order chi connectivity index (χ1) is 16.2. The normalized spacial score (nSPS) is 16.2. The van der Waals surface area contributed by atoms with Crippen molar-refractivity contribution < 1.29 is 22.4 Å². The molecule has 9 heteroatoms. The number of amides is 2. The van der Waals surface area contributed by atoms with E-state index in [0.717, 1.165) is 44.3 Å². The Kier molecular flexibility index (Phi) is 7.21. The van der Waals surface area contributed by atoms with Crippen molar-refractivity contribution in [2.45, 2.75) is 56.8 Å². The van der Waals surface area contributed by atoms with Gasteiger partial charge in [-0.05, 0) is 73.7 Å². The molecule has 0 radical (unpaired) electrons. The Bertz CT molecular complexity index is 1190. The molecule has 1 saturated heterocycles. The molecular weight excluding hydrogens is 457 g/mol. The van der Waals surface area contributed by atoms with Crippen LogP contribution in [0.2, 0.25) is 0 Å². The number of sulfonamides is 1. The number of benzene rings is 2. The number of nitrogens with zero attached hydrogens (tertiary/aromatic N) is 2. The summed E-state index contributed by atoms with van der Waals surface area (Å²) in [5.41, 5.74) is 2.25. The largest absolute Gasteiger partial charge is 0.343 e. The maximum Gasteiger partial charge on any atom is 0.261 e. The Morgan fingerprint density at radius 1 is 0.941 bits per heavy atom. The first kappa shape index (κ1) is 24.2. The molecule has 2 aliphatic heterocycles. The third-order valence-corrected chi connectivity index (χ3v) is 7.87. The van der Waals surface area contributed by atoms with Crippen LogP contribution in [0.5, 0.6) is 0 Å². The lowest BCUT2D eigenvalue weighted by molar-refractivity contribution is -0.133. The SMILES string of the molecule is Cc1cc(F)ccc1NS(=O)(=O)c1ccc2c(c1)CCN2C(=O)CCC(=O)N1CCCCCC1. The number of nitrogens with one attached hydrogen (secondary N) is 1. The number of rotatable bonds is 6. The molecule has 1 N–H and O–H groups in total. The third-order valence-electron chi connectivity index (χ3n) is 6.50. The highest BCUT2D eigenvalue weighted by Crippen LogP contribution is 2.32. The molecule has 0 aromatic heterocycles. The van der Waals surface area contributed by atoms with Gasteiger partial charge in [0.15, 0.2) is 0 Å². The van der Waals surface area contributed by atoms with Gasteiger partial charge in [-0.3, -0.25) is 14.3 Å². The molecule has 2 aromatic rings. The quantitative estimate of drug-likeness (QED) is 0.667. The van der Waals surface area contributed by atoms with Crippen LogP contribution in [0.4, 0.5) is 15.8 Å². The number of fused-ring (bicyclic) bond motifs is 1. The summed E-state index contributed by atoms with van der Waals surface area (Å²) in [4.78, 5) is 29.0. The molecule has 2 aromatic carbocycles. The lowest BCUT2D eigenvalue weighted by atomic mass is 10.2. The second-order valence-corrected chi connectivity index (χ2v) is 10.6. The molecule has 7 nitrogen and oxygen atoms in total. The lowest BCUT2D eigenvalue weighted by Gasteiger charge is -2.21. The van der Waals surface area contributed by atoms with Crippen LogP contribution in [-0.2, 0) is 26.0 Å². The summed E-state index contributed by atoms with van der Waals surface area (Å²) in [7, 11) is -3.87. The van der Waals surface area contributed by atoms with E-state index in [2.05, 4.69) is 4.72 Å². The van der Waals surface area contributed by atoms with E-state index in [1.807, 2.05) is 4.90 Å².